The monoisotopic (exact) mass is 326 g/mol. The van der Waals surface area contributed by atoms with Gasteiger partial charge >= 0.3 is 0 Å². The van der Waals surface area contributed by atoms with E-state index >= 15 is 0 Å². The summed E-state index contributed by atoms with van der Waals surface area (Å²) in [5, 5.41) is 4.46. The second-order valence-electron chi connectivity index (χ2n) is 5.40. The molecule has 3 rings (SSSR count). The van der Waals surface area contributed by atoms with E-state index < -0.39 is 0 Å². The summed E-state index contributed by atoms with van der Waals surface area (Å²) in [6, 6.07) is 28.7. The third-order valence-corrected chi connectivity index (χ3v) is 3.60. The smallest absolute Gasteiger partial charge is 0.185 e. The van der Waals surface area contributed by atoms with Gasteiger partial charge in [-0.05, 0) is 24.3 Å². The minimum Gasteiger partial charge on any atom is -0.289 e. The molecule has 0 saturated heterocycles. The van der Waals surface area contributed by atoms with Gasteiger partial charge in [-0.2, -0.15) is 5.10 Å². The number of benzene rings is 3. The molecule has 0 bridgehead atoms. The van der Waals surface area contributed by atoms with Crippen LogP contribution in [-0.4, -0.2) is 11.5 Å². The van der Waals surface area contributed by atoms with Gasteiger partial charge in [0.1, 0.15) is 0 Å². The van der Waals surface area contributed by atoms with Crippen LogP contribution in [0.15, 0.2) is 108 Å². The molecule has 0 heterocycles. The quantitative estimate of drug-likeness (QED) is 0.302. The molecule has 0 spiro atoms. The molecule has 3 aromatic rings. The van der Waals surface area contributed by atoms with E-state index in [4.69, 9.17) is 0 Å². The van der Waals surface area contributed by atoms with Gasteiger partial charge in [-0.15, -0.1) is 0 Å². The van der Waals surface area contributed by atoms with E-state index in [2.05, 4.69) is 10.5 Å². The van der Waals surface area contributed by atoms with Gasteiger partial charge in [-0.1, -0.05) is 78.9 Å². The van der Waals surface area contributed by atoms with Crippen LogP contribution in [0.5, 0.6) is 0 Å². The zero-order chi connectivity index (χ0) is 17.3. The summed E-state index contributed by atoms with van der Waals surface area (Å²) in [4.78, 5) is 12.3. The van der Waals surface area contributed by atoms with Crippen LogP contribution in [0.3, 0.4) is 0 Å². The van der Waals surface area contributed by atoms with Crippen molar-refractivity contribution >= 4 is 17.2 Å². The van der Waals surface area contributed by atoms with Gasteiger partial charge in [-0.25, -0.2) is 0 Å². The van der Waals surface area contributed by atoms with Crippen molar-refractivity contribution in [1.82, 2.24) is 0 Å². The number of rotatable bonds is 6. The lowest BCUT2D eigenvalue weighted by Crippen LogP contribution is -2.03. The number of para-hydroxylation sites is 1. The van der Waals surface area contributed by atoms with Crippen LogP contribution in [0.25, 0.3) is 0 Å². The highest BCUT2D eigenvalue weighted by molar-refractivity contribution is 6.14. The molecule has 0 unspecified atom stereocenters. The normalized spacial score (nSPS) is 11.4. The van der Waals surface area contributed by atoms with E-state index in [1.165, 1.54) is 0 Å². The molecule has 0 radical (unpaired) electrons. The zero-order valence-corrected chi connectivity index (χ0v) is 13.7. The zero-order valence-electron chi connectivity index (χ0n) is 13.7. The van der Waals surface area contributed by atoms with E-state index in [0.717, 1.165) is 11.3 Å². The fraction of sp³-hybridized carbons (Fsp3) is 0. The van der Waals surface area contributed by atoms with E-state index in [9.17, 15) is 4.79 Å². The second kappa shape index (κ2) is 8.41. The molecular weight excluding hydrogens is 308 g/mol. The van der Waals surface area contributed by atoms with Gasteiger partial charge in [0, 0.05) is 11.1 Å². The topological polar surface area (TPSA) is 41.5 Å². The summed E-state index contributed by atoms with van der Waals surface area (Å²) in [5.41, 5.74) is 6.20. The molecule has 0 aliphatic carbocycles. The summed E-state index contributed by atoms with van der Waals surface area (Å²) in [6.07, 6.45) is 3.29. The lowest BCUT2D eigenvalue weighted by Gasteiger charge is -2.04. The Morgan fingerprint density at radius 3 is 1.80 bits per heavy atom. The van der Waals surface area contributed by atoms with Crippen molar-refractivity contribution in [2.75, 3.05) is 5.43 Å². The minimum absolute atomic E-state index is 0.0519. The van der Waals surface area contributed by atoms with Crippen molar-refractivity contribution in [1.29, 1.82) is 0 Å². The number of allylic oxidation sites excluding steroid dienone is 2. The Kier molecular flexibility index (Phi) is 5.52. The molecule has 3 heteroatoms. The summed E-state index contributed by atoms with van der Waals surface area (Å²) < 4.78 is 0. The Morgan fingerprint density at radius 2 is 1.20 bits per heavy atom. The van der Waals surface area contributed by atoms with Crippen LogP contribution in [0.2, 0.25) is 0 Å². The van der Waals surface area contributed by atoms with Gasteiger partial charge in [0.15, 0.2) is 5.78 Å². The Balaban J connectivity index is 1.84. The molecule has 0 saturated carbocycles. The SMILES string of the molecule is O=C(/C=C\C(=N\Nc1ccccc1)c1ccccc1)c1ccccc1. The van der Waals surface area contributed by atoms with Crippen LogP contribution in [-0.2, 0) is 0 Å². The molecule has 0 amide bonds. The Hall–Kier alpha value is -3.46. The maximum atomic E-state index is 12.3. The van der Waals surface area contributed by atoms with Crippen molar-refractivity contribution in [3.63, 3.8) is 0 Å². The molecule has 0 aliphatic heterocycles. The lowest BCUT2D eigenvalue weighted by molar-refractivity contribution is 0.104. The fourth-order valence-electron chi connectivity index (χ4n) is 2.30. The largest absolute Gasteiger partial charge is 0.289 e. The molecule has 0 aromatic heterocycles. The van der Waals surface area contributed by atoms with Crippen molar-refractivity contribution in [3.05, 3.63) is 114 Å². The maximum Gasteiger partial charge on any atom is 0.185 e. The van der Waals surface area contributed by atoms with Gasteiger partial charge in [0.05, 0.1) is 11.4 Å². The van der Waals surface area contributed by atoms with Crippen molar-refractivity contribution in [3.8, 4) is 0 Å². The third-order valence-electron chi connectivity index (χ3n) is 3.60. The summed E-state index contributed by atoms with van der Waals surface area (Å²) in [5.74, 6) is -0.0519. The van der Waals surface area contributed by atoms with Crippen LogP contribution in [0, 0.1) is 0 Å². The summed E-state index contributed by atoms with van der Waals surface area (Å²) in [7, 11) is 0. The number of ketones is 1. The van der Waals surface area contributed by atoms with E-state index in [0.29, 0.717) is 11.3 Å². The van der Waals surface area contributed by atoms with Gasteiger partial charge in [0.2, 0.25) is 0 Å². The number of nitrogens with one attached hydrogen (secondary N) is 1. The Labute approximate surface area is 147 Å². The maximum absolute atomic E-state index is 12.3. The number of hydrazone groups is 1. The lowest BCUT2D eigenvalue weighted by atomic mass is 10.1. The van der Waals surface area contributed by atoms with E-state index in [1.807, 2.05) is 78.9 Å². The minimum atomic E-state index is -0.0519. The van der Waals surface area contributed by atoms with Gasteiger partial charge < -0.3 is 0 Å². The first-order valence-corrected chi connectivity index (χ1v) is 8.04. The molecule has 1 N–H and O–H groups in total. The van der Waals surface area contributed by atoms with Crippen LogP contribution in [0.1, 0.15) is 15.9 Å². The Bertz CT molecular complexity index is 870. The van der Waals surface area contributed by atoms with Crippen molar-refractivity contribution in [2.45, 2.75) is 0 Å². The number of anilines is 1. The number of nitrogens with zero attached hydrogens (tertiary/aromatic N) is 1. The number of carbonyl (C=O) groups is 1. The first kappa shape index (κ1) is 16.4. The van der Waals surface area contributed by atoms with Gasteiger partial charge in [0.25, 0.3) is 0 Å². The van der Waals surface area contributed by atoms with E-state index in [1.54, 1.807) is 24.3 Å². The molecule has 0 fully saturated rings. The summed E-state index contributed by atoms with van der Waals surface area (Å²) in [6.45, 7) is 0. The van der Waals surface area contributed by atoms with Crippen LogP contribution in [0.4, 0.5) is 5.69 Å². The van der Waals surface area contributed by atoms with E-state index in [-0.39, 0.29) is 5.78 Å². The standard InChI is InChI=1S/C22H18N2O/c25-22(19-12-6-2-7-13-19)17-16-21(18-10-4-1-5-11-18)24-23-20-14-8-3-9-15-20/h1-17,23H/b17-16-,24-21-. The molecule has 0 aliphatic rings. The molecular formula is C22H18N2O. The molecule has 3 aromatic carbocycles. The Morgan fingerprint density at radius 1 is 0.680 bits per heavy atom. The molecule has 122 valence electrons. The first-order chi connectivity index (χ1) is 12.3. The average molecular weight is 326 g/mol. The molecule has 25 heavy (non-hydrogen) atoms. The van der Waals surface area contributed by atoms with Crippen molar-refractivity contribution < 1.29 is 4.79 Å². The first-order valence-electron chi connectivity index (χ1n) is 8.04. The highest BCUT2D eigenvalue weighted by Gasteiger charge is 2.03. The number of hydrogen-bond donors (Lipinski definition) is 1. The molecule has 3 nitrogen and oxygen atoms in total. The van der Waals surface area contributed by atoms with Crippen molar-refractivity contribution in [2.24, 2.45) is 5.10 Å². The predicted octanol–water partition coefficient (Wildman–Crippen LogP) is 4.94. The summed E-state index contributed by atoms with van der Waals surface area (Å²) >= 11 is 0. The van der Waals surface area contributed by atoms with Gasteiger partial charge in [-0.3, -0.25) is 10.2 Å². The average Bonchev–Trinajstić information content (AvgIpc) is 2.70. The highest BCUT2D eigenvalue weighted by Crippen LogP contribution is 2.09. The highest BCUT2D eigenvalue weighted by atomic mass is 16.1. The molecule has 0 atom stereocenters. The number of carbonyl (C=O) groups excluding carboxylic acids is 1. The number of hydrogen-bond acceptors (Lipinski definition) is 3. The predicted molar refractivity (Wildman–Crippen MR) is 103 cm³/mol. The fourth-order valence-corrected chi connectivity index (χ4v) is 2.30. The van der Waals surface area contributed by atoms with Crippen LogP contribution >= 0.6 is 0 Å². The third kappa shape index (κ3) is 4.75. The second-order valence-corrected chi connectivity index (χ2v) is 5.40. The van der Waals surface area contributed by atoms with Crippen LogP contribution < -0.4 is 5.43 Å².